The zero-order valence-electron chi connectivity index (χ0n) is 17.8. The smallest absolute Gasteiger partial charge is 0.273 e. The molecule has 1 amide bonds. The van der Waals surface area contributed by atoms with Crippen LogP contribution in [-0.2, 0) is 13.0 Å². The van der Waals surface area contributed by atoms with Gasteiger partial charge >= 0.3 is 0 Å². The molecule has 4 rings (SSSR count). The minimum atomic E-state index is -0.350. The van der Waals surface area contributed by atoms with Crippen molar-refractivity contribution in [2.75, 3.05) is 33.3 Å². The molecule has 2 heterocycles. The van der Waals surface area contributed by atoms with E-state index in [4.69, 9.17) is 4.74 Å². The standard InChI is InChI=1S/C24H26FN3O2S/c1-3-17-4-7-19(8-5-17)23-26-21(16-31-23)24(29)28-12-10-27(11-13-28)15-18-6-9-22(30-2)20(25)14-18/h4-9,14,16H,3,10-13,15H2,1-2H3. The molecule has 0 aliphatic carbocycles. The number of ether oxygens (including phenoxy) is 1. The highest BCUT2D eigenvalue weighted by molar-refractivity contribution is 7.13. The Morgan fingerprint density at radius 2 is 1.81 bits per heavy atom. The monoisotopic (exact) mass is 439 g/mol. The molecule has 1 saturated heterocycles. The fourth-order valence-corrected chi connectivity index (χ4v) is 4.53. The van der Waals surface area contributed by atoms with Crippen LogP contribution in [0.1, 0.15) is 28.5 Å². The van der Waals surface area contributed by atoms with Crippen LogP contribution in [0.25, 0.3) is 10.6 Å². The Hall–Kier alpha value is -2.77. The van der Waals surface area contributed by atoms with Crippen LogP contribution in [0.2, 0.25) is 0 Å². The largest absolute Gasteiger partial charge is 0.494 e. The molecule has 1 aliphatic rings. The second-order valence-electron chi connectivity index (χ2n) is 7.63. The van der Waals surface area contributed by atoms with Crippen LogP contribution in [0.4, 0.5) is 4.39 Å². The van der Waals surface area contributed by atoms with E-state index < -0.39 is 0 Å². The Balaban J connectivity index is 1.34. The Labute approximate surface area is 186 Å². The van der Waals surface area contributed by atoms with E-state index in [9.17, 15) is 9.18 Å². The third-order valence-corrected chi connectivity index (χ3v) is 6.51. The van der Waals surface area contributed by atoms with Crippen LogP contribution >= 0.6 is 11.3 Å². The number of piperazine rings is 1. The van der Waals surface area contributed by atoms with Crippen LogP contribution < -0.4 is 4.74 Å². The summed E-state index contributed by atoms with van der Waals surface area (Å²) in [6.45, 7) is 5.54. The number of aromatic nitrogens is 1. The van der Waals surface area contributed by atoms with Crippen molar-refractivity contribution >= 4 is 17.2 Å². The Morgan fingerprint density at radius 3 is 2.45 bits per heavy atom. The van der Waals surface area contributed by atoms with Crippen LogP contribution in [-0.4, -0.2) is 54.0 Å². The topological polar surface area (TPSA) is 45.7 Å². The number of amides is 1. The highest BCUT2D eigenvalue weighted by Crippen LogP contribution is 2.25. The van der Waals surface area contributed by atoms with E-state index in [0.29, 0.717) is 25.3 Å². The number of carbonyl (C=O) groups is 1. The van der Waals surface area contributed by atoms with Gasteiger partial charge in [-0.1, -0.05) is 37.3 Å². The van der Waals surface area contributed by atoms with E-state index in [2.05, 4.69) is 41.1 Å². The first-order valence-corrected chi connectivity index (χ1v) is 11.3. The zero-order chi connectivity index (χ0) is 21.8. The van der Waals surface area contributed by atoms with E-state index in [1.807, 2.05) is 16.3 Å². The number of nitrogens with zero attached hydrogens (tertiary/aromatic N) is 3. The third-order valence-electron chi connectivity index (χ3n) is 5.61. The van der Waals surface area contributed by atoms with Gasteiger partial charge in [-0.05, 0) is 29.7 Å². The SMILES string of the molecule is CCc1ccc(-c2nc(C(=O)N3CCN(Cc4ccc(OC)c(F)c4)CC3)cs2)cc1. The first-order chi connectivity index (χ1) is 15.1. The summed E-state index contributed by atoms with van der Waals surface area (Å²) in [6.07, 6.45) is 1.00. The molecule has 1 aliphatic heterocycles. The molecule has 1 aromatic heterocycles. The number of benzene rings is 2. The fraction of sp³-hybridized carbons (Fsp3) is 0.333. The van der Waals surface area contributed by atoms with Crippen LogP contribution in [0.3, 0.4) is 0 Å². The molecule has 0 radical (unpaired) electrons. The maximum atomic E-state index is 13.9. The second kappa shape index (κ2) is 9.58. The van der Waals surface area contributed by atoms with Gasteiger partial charge in [-0.25, -0.2) is 9.37 Å². The maximum Gasteiger partial charge on any atom is 0.273 e. The number of thiazole rings is 1. The number of halogens is 1. The lowest BCUT2D eigenvalue weighted by atomic mass is 10.1. The molecular weight excluding hydrogens is 413 g/mol. The summed E-state index contributed by atoms with van der Waals surface area (Å²) in [5.74, 6) is -0.122. The zero-order valence-corrected chi connectivity index (χ0v) is 18.6. The quantitative estimate of drug-likeness (QED) is 0.568. The molecule has 3 aromatic rings. The van der Waals surface area contributed by atoms with Crippen LogP contribution in [0, 0.1) is 5.82 Å². The average Bonchev–Trinajstić information content (AvgIpc) is 3.30. The Bertz CT molecular complexity index is 1040. The van der Waals surface area contributed by atoms with Gasteiger partial charge in [-0.2, -0.15) is 0 Å². The van der Waals surface area contributed by atoms with Crippen molar-refractivity contribution in [1.29, 1.82) is 0 Å². The molecule has 0 saturated carbocycles. The molecule has 31 heavy (non-hydrogen) atoms. The molecule has 7 heteroatoms. The molecule has 0 bridgehead atoms. The average molecular weight is 440 g/mol. The van der Waals surface area contributed by atoms with E-state index in [-0.39, 0.29) is 17.5 Å². The molecule has 1 fully saturated rings. The van der Waals surface area contributed by atoms with E-state index in [0.717, 1.165) is 35.6 Å². The third kappa shape index (κ3) is 4.94. The molecule has 0 N–H and O–H groups in total. The Kier molecular flexibility index (Phi) is 6.63. The number of hydrogen-bond donors (Lipinski definition) is 0. The van der Waals surface area contributed by atoms with Gasteiger partial charge < -0.3 is 9.64 Å². The lowest BCUT2D eigenvalue weighted by Gasteiger charge is -2.34. The number of methoxy groups -OCH3 is 1. The lowest BCUT2D eigenvalue weighted by molar-refractivity contribution is 0.0623. The van der Waals surface area contributed by atoms with Crippen LogP contribution in [0.15, 0.2) is 47.8 Å². The highest BCUT2D eigenvalue weighted by atomic mass is 32.1. The lowest BCUT2D eigenvalue weighted by Crippen LogP contribution is -2.48. The summed E-state index contributed by atoms with van der Waals surface area (Å²) in [6, 6.07) is 13.4. The van der Waals surface area contributed by atoms with Gasteiger partial charge in [0.1, 0.15) is 10.7 Å². The Morgan fingerprint density at radius 1 is 1.10 bits per heavy atom. The number of carbonyl (C=O) groups excluding carboxylic acids is 1. The molecule has 0 atom stereocenters. The number of aryl methyl sites for hydroxylation is 1. The van der Waals surface area contributed by atoms with Gasteiger partial charge in [0, 0.05) is 43.7 Å². The number of rotatable bonds is 6. The maximum absolute atomic E-state index is 13.9. The van der Waals surface area contributed by atoms with E-state index in [1.54, 1.807) is 6.07 Å². The molecule has 162 valence electrons. The second-order valence-corrected chi connectivity index (χ2v) is 8.48. The molecule has 2 aromatic carbocycles. The molecule has 0 unspecified atom stereocenters. The van der Waals surface area contributed by atoms with Crippen molar-refractivity contribution in [3.8, 4) is 16.3 Å². The van der Waals surface area contributed by atoms with E-state index >= 15 is 0 Å². The predicted octanol–water partition coefficient (Wildman–Crippen LogP) is 4.48. The summed E-state index contributed by atoms with van der Waals surface area (Å²) < 4.78 is 18.9. The van der Waals surface area contributed by atoms with Gasteiger partial charge in [0.2, 0.25) is 0 Å². The number of hydrogen-bond acceptors (Lipinski definition) is 5. The first kappa shape index (κ1) is 21.5. The van der Waals surface area contributed by atoms with E-state index in [1.165, 1.54) is 30.1 Å². The normalized spacial score (nSPS) is 14.6. The molecule has 0 spiro atoms. The molecular formula is C24H26FN3O2S. The summed E-state index contributed by atoms with van der Waals surface area (Å²) in [5, 5.41) is 2.71. The summed E-state index contributed by atoms with van der Waals surface area (Å²) in [7, 11) is 1.46. The van der Waals surface area contributed by atoms with Gasteiger partial charge in [0.15, 0.2) is 11.6 Å². The van der Waals surface area contributed by atoms with Crippen molar-refractivity contribution in [1.82, 2.24) is 14.8 Å². The van der Waals surface area contributed by atoms with Gasteiger partial charge in [-0.15, -0.1) is 11.3 Å². The highest BCUT2D eigenvalue weighted by Gasteiger charge is 2.24. The summed E-state index contributed by atoms with van der Waals surface area (Å²) in [4.78, 5) is 21.6. The van der Waals surface area contributed by atoms with Gasteiger partial charge in [0.05, 0.1) is 7.11 Å². The van der Waals surface area contributed by atoms with Gasteiger partial charge in [-0.3, -0.25) is 9.69 Å². The summed E-state index contributed by atoms with van der Waals surface area (Å²) >= 11 is 1.50. The first-order valence-electron chi connectivity index (χ1n) is 10.5. The minimum absolute atomic E-state index is 0.0252. The minimum Gasteiger partial charge on any atom is -0.494 e. The van der Waals surface area contributed by atoms with Crippen LogP contribution in [0.5, 0.6) is 5.75 Å². The van der Waals surface area contributed by atoms with Crippen molar-refractivity contribution in [2.45, 2.75) is 19.9 Å². The summed E-state index contributed by atoms with van der Waals surface area (Å²) in [5.41, 5.74) is 3.73. The predicted molar refractivity (Wildman–Crippen MR) is 121 cm³/mol. The molecule has 5 nitrogen and oxygen atoms in total. The van der Waals surface area contributed by atoms with Crippen molar-refractivity contribution in [2.24, 2.45) is 0 Å². The van der Waals surface area contributed by atoms with Crippen molar-refractivity contribution in [3.63, 3.8) is 0 Å². The fourth-order valence-electron chi connectivity index (χ4n) is 3.73. The van der Waals surface area contributed by atoms with Crippen molar-refractivity contribution < 1.29 is 13.9 Å². The van der Waals surface area contributed by atoms with Gasteiger partial charge in [0.25, 0.3) is 5.91 Å². The van der Waals surface area contributed by atoms with Crippen molar-refractivity contribution in [3.05, 3.63) is 70.5 Å².